The number of amides is 2. The molecule has 2 N–H and O–H groups in total. The number of urea groups is 1. The average molecular weight is 422 g/mol. The van der Waals surface area contributed by atoms with E-state index in [1.54, 1.807) is 11.3 Å². The molecule has 2 aromatic carbocycles. The van der Waals surface area contributed by atoms with Crippen LogP contribution in [0.3, 0.4) is 0 Å². The summed E-state index contributed by atoms with van der Waals surface area (Å²) in [5, 5.41) is 6.90. The number of nitrogens with one attached hydrogen (secondary N) is 2. The molecule has 5 heteroatoms. The summed E-state index contributed by atoms with van der Waals surface area (Å²) in [7, 11) is 0. The Hall–Kier alpha value is -2.66. The van der Waals surface area contributed by atoms with Crippen molar-refractivity contribution in [3.8, 4) is 21.7 Å². The molecule has 158 valence electrons. The van der Waals surface area contributed by atoms with Crippen molar-refractivity contribution in [1.82, 2.24) is 10.3 Å². The van der Waals surface area contributed by atoms with Crippen LogP contribution in [0.5, 0.6) is 0 Å². The van der Waals surface area contributed by atoms with Crippen LogP contribution in [0.1, 0.15) is 49.6 Å². The van der Waals surface area contributed by atoms with Crippen LogP contribution in [0.25, 0.3) is 21.7 Å². The lowest BCUT2D eigenvalue weighted by atomic mass is 10.1. The Bertz CT molecular complexity index is 946. The maximum Gasteiger partial charge on any atom is 0.319 e. The molecule has 0 saturated carbocycles. The standard InChI is InChI=1S/C25H31N3OS/c1-4-5-6-7-8-17-26-25(29)28-22-15-13-21(14-16-22)24-23(27-19(3)30-24)20-11-9-18(2)10-12-20/h9-16H,4-8,17H2,1-3H3,(H2,26,28,29). The maximum atomic E-state index is 12.1. The largest absolute Gasteiger partial charge is 0.338 e. The predicted octanol–water partition coefficient (Wildman–Crippen LogP) is 7.19. The van der Waals surface area contributed by atoms with E-state index in [9.17, 15) is 4.79 Å². The fraction of sp³-hybridized carbons (Fsp3) is 0.360. The van der Waals surface area contributed by atoms with Gasteiger partial charge in [-0.25, -0.2) is 9.78 Å². The second-order valence-corrected chi connectivity index (χ2v) is 8.85. The highest BCUT2D eigenvalue weighted by atomic mass is 32.1. The normalized spacial score (nSPS) is 10.8. The van der Waals surface area contributed by atoms with Crippen molar-refractivity contribution in [1.29, 1.82) is 0 Å². The fourth-order valence-corrected chi connectivity index (χ4v) is 4.29. The Morgan fingerprint density at radius 2 is 1.57 bits per heavy atom. The van der Waals surface area contributed by atoms with E-state index >= 15 is 0 Å². The monoisotopic (exact) mass is 421 g/mol. The number of rotatable bonds is 9. The first-order chi connectivity index (χ1) is 14.6. The molecule has 0 unspecified atom stereocenters. The molecular weight excluding hydrogens is 390 g/mol. The van der Waals surface area contributed by atoms with Gasteiger partial charge in [0.2, 0.25) is 0 Å². The number of benzene rings is 2. The summed E-state index contributed by atoms with van der Waals surface area (Å²) in [4.78, 5) is 18.0. The number of carbonyl (C=O) groups is 1. The molecule has 0 atom stereocenters. The van der Waals surface area contributed by atoms with Crippen LogP contribution in [0.15, 0.2) is 48.5 Å². The third-order valence-electron chi connectivity index (χ3n) is 5.03. The Morgan fingerprint density at radius 1 is 0.900 bits per heavy atom. The van der Waals surface area contributed by atoms with Gasteiger partial charge in [0, 0.05) is 17.8 Å². The summed E-state index contributed by atoms with van der Waals surface area (Å²) < 4.78 is 0. The minimum absolute atomic E-state index is 0.146. The molecule has 2 amide bonds. The molecule has 0 saturated heterocycles. The second kappa shape index (κ2) is 10.9. The Labute approximate surface area is 183 Å². The van der Waals surface area contributed by atoms with Gasteiger partial charge in [0.05, 0.1) is 15.6 Å². The van der Waals surface area contributed by atoms with Crippen molar-refractivity contribution in [3.63, 3.8) is 0 Å². The molecule has 1 aromatic heterocycles. The van der Waals surface area contributed by atoms with E-state index < -0.39 is 0 Å². The lowest BCUT2D eigenvalue weighted by molar-refractivity contribution is 0.252. The average Bonchev–Trinajstić information content (AvgIpc) is 3.13. The van der Waals surface area contributed by atoms with Crippen molar-refractivity contribution in [2.24, 2.45) is 0 Å². The predicted molar refractivity (Wildman–Crippen MR) is 128 cm³/mol. The number of aryl methyl sites for hydroxylation is 2. The van der Waals surface area contributed by atoms with Gasteiger partial charge < -0.3 is 10.6 Å². The molecule has 0 radical (unpaired) electrons. The first-order valence-electron chi connectivity index (χ1n) is 10.8. The van der Waals surface area contributed by atoms with Gasteiger partial charge >= 0.3 is 6.03 Å². The van der Waals surface area contributed by atoms with Crippen molar-refractivity contribution in [3.05, 3.63) is 59.1 Å². The van der Waals surface area contributed by atoms with E-state index in [4.69, 9.17) is 4.98 Å². The molecule has 0 aliphatic rings. The zero-order valence-electron chi connectivity index (χ0n) is 18.1. The summed E-state index contributed by atoms with van der Waals surface area (Å²) in [6, 6.07) is 16.3. The van der Waals surface area contributed by atoms with Crippen molar-refractivity contribution < 1.29 is 4.79 Å². The zero-order valence-corrected chi connectivity index (χ0v) is 18.9. The number of hydrogen-bond donors (Lipinski definition) is 2. The summed E-state index contributed by atoms with van der Waals surface area (Å²) >= 11 is 1.69. The smallest absolute Gasteiger partial charge is 0.319 e. The van der Waals surface area contributed by atoms with Gasteiger partial charge in [0.25, 0.3) is 0 Å². The van der Waals surface area contributed by atoms with Gasteiger partial charge in [-0.1, -0.05) is 74.6 Å². The van der Waals surface area contributed by atoms with Crippen LogP contribution >= 0.6 is 11.3 Å². The van der Waals surface area contributed by atoms with Gasteiger partial charge in [0.1, 0.15) is 0 Å². The summed E-state index contributed by atoms with van der Waals surface area (Å²) in [5.74, 6) is 0. The number of nitrogens with zero attached hydrogens (tertiary/aromatic N) is 1. The van der Waals surface area contributed by atoms with Crippen LogP contribution < -0.4 is 10.6 Å². The molecule has 3 aromatic rings. The Balaban J connectivity index is 1.61. The third-order valence-corrected chi connectivity index (χ3v) is 6.05. The van der Waals surface area contributed by atoms with Gasteiger partial charge in [-0.05, 0) is 38.0 Å². The van der Waals surface area contributed by atoms with Gasteiger partial charge in [0.15, 0.2) is 0 Å². The van der Waals surface area contributed by atoms with E-state index in [0.717, 1.165) is 38.8 Å². The van der Waals surface area contributed by atoms with Crippen molar-refractivity contribution in [2.75, 3.05) is 11.9 Å². The first-order valence-corrected chi connectivity index (χ1v) is 11.6. The summed E-state index contributed by atoms with van der Waals surface area (Å²) in [6.07, 6.45) is 5.93. The molecule has 4 nitrogen and oxygen atoms in total. The minimum Gasteiger partial charge on any atom is -0.338 e. The summed E-state index contributed by atoms with van der Waals surface area (Å²) in [6.45, 7) is 7.05. The molecule has 0 bridgehead atoms. The Kier molecular flexibility index (Phi) is 8.03. The number of hydrogen-bond acceptors (Lipinski definition) is 3. The van der Waals surface area contributed by atoms with Crippen LogP contribution in [0.2, 0.25) is 0 Å². The number of anilines is 1. The van der Waals surface area contributed by atoms with Crippen LogP contribution in [0.4, 0.5) is 10.5 Å². The number of unbranched alkanes of at least 4 members (excludes halogenated alkanes) is 4. The van der Waals surface area contributed by atoms with E-state index in [1.807, 2.05) is 31.2 Å². The first kappa shape index (κ1) is 22.0. The van der Waals surface area contributed by atoms with Crippen LogP contribution in [-0.2, 0) is 0 Å². The fourth-order valence-electron chi connectivity index (χ4n) is 3.34. The lowest BCUT2D eigenvalue weighted by Gasteiger charge is -2.09. The van der Waals surface area contributed by atoms with E-state index in [0.29, 0.717) is 6.54 Å². The highest BCUT2D eigenvalue weighted by Crippen LogP contribution is 2.37. The molecule has 0 fully saturated rings. The van der Waals surface area contributed by atoms with Crippen LogP contribution in [-0.4, -0.2) is 17.6 Å². The van der Waals surface area contributed by atoms with E-state index in [2.05, 4.69) is 48.7 Å². The molecule has 0 spiro atoms. The molecule has 0 aliphatic carbocycles. The molecule has 3 rings (SSSR count). The van der Waals surface area contributed by atoms with E-state index in [1.165, 1.54) is 31.2 Å². The number of carbonyl (C=O) groups excluding carboxylic acids is 1. The second-order valence-electron chi connectivity index (χ2n) is 7.65. The molecule has 0 aliphatic heterocycles. The lowest BCUT2D eigenvalue weighted by Crippen LogP contribution is -2.29. The third kappa shape index (κ3) is 6.17. The highest BCUT2D eigenvalue weighted by molar-refractivity contribution is 7.15. The zero-order chi connectivity index (χ0) is 21.3. The van der Waals surface area contributed by atoms with Crippen molar-refractivity contribution in [2.45, 2.75) is 52.9 Å². The maximum absolute atomic E-state index is 12.1. The number of aromatic nitrogens is 1. The Morgan fingerprint density at radius 3 is 2.27 bits per heavy atom. The van der Waals surface area contributed by atoms with Gasteiger partial charge in [-0.15, -0.1) is 11.3 Å². The molecular formula is C25H31N3OS. The highest BCUT2D eigenvalue weighted by Gasteiger charge is 2.13. The molecule has 30 heavy (non-hydrogen) atoms. The number of thiazole rings is 1. The topological polar surface area (TPSA) is 54.0 Å². The summed E-state index contributed by atoms with van der Waals surface area (Å²) in [5.41, 5.74) is 5.28. The quantitative estimate of drug-likeness (QED) is 0.359. The minimum atomic E-state index is -0.146. The van der Waals surface area contributed by atoms with Crippen LogP contribution in [0, 0.1) is 13.8 Å². The SMILES string of the molecule is CCCCCCCNC(=O)Nc1ccc(-c2sc(C)nc2-c2ccc(C)cc2)cc1. The molecule has 1 heterocycles. The van der Waals surface area contributed by atoms with Crippen molar-refractivity contribution >= 4 is 23.1 Å². The van der Waals surface area contributed by atoms with Gasteiger partial charge in [-0.3, -0.25) is 0 Å². The van der Waals surface area contributed by atoms with Gasteiger partial charge in [-0.2, -0.15) is 0 Å². The van der Waals surface area contributed by atoms with E-state index in [-0.39, 0.29) is 6.03 Å².